The summed E-state index contributed by atoms with van der Waals surface area (Å²) in [6.45, 7) is 2.15. The molecule has 0 aromatic heterocycles. The van der Waals surface area contributed by atoms with E-state index in [2.05, 4.69) is 5.43 Å². The van der Waals surface area contributed by atoms with Crippen molar-refractivity contribution in [3.05, 3.63) is 23.8 Å². The average molecular weight is 225 g/mol. The van der Waals surface area contributed by atoms with Crippen molar-refractivity contribution >= 4 is 0 Å². The molecule has 0 aliphatic carbocycles. The molecule has 5 nitrogen and oxygen atoms in total. The summed E-state index contributed by atoms with van der Waals surface area (Å²) in [6, 6.07) is 4.81. The van der Waals surface area contributed by atoms with Gasteiger partial charge in [-0.05, 0) is 30.7 Å². The SMILES string of the molecule is CN(Cc1ccc(O)c(O)c1)NCCCN. The number of hydrogen-bond donors (Lipinski definition) is 4. The van der Waals surface area contributed by atoms with Crippen LogP contribution in [0.5, 0.6) is 11.5 Å². The molecule has 16 heavy (non-hydrogen) atoms. The third-order valence-electron chi connectivity index (χ3n) is 2.22. The van der Waals surface area contributed by atoms with E-state index in [0.29, 0.717) is 13.1 Å². The molecular weight excluding hydrogens is 206 g/mol. The minimum absolute atomic E-state index is 0.0899. The van der Waals surface area contributed by atoms with E-state index in [9.17, 15) is 5.11 Å². The predicted molar refractivity (Wildman–Crippen MR) is 62.9 cm³/mol. The van der Waals surface area contributed by atoms with Gasteiger partial charge in [0.15, 0.2) is 11.5 Å². The van der Waals surface area contributed by atoms with Gasteiger partial charge in [0.2, 0.25) is 0 Å². The lowest BCUT2D eigenvalue weighted by Gasteiger charge is -2.18. The summed E-state index contributed by atoms with van der Waals surface area (Å²) in [6.07, 6.45) is 0.922. The number of hydrogen-bond acceptors (Lipinski definition) is 5. The van der Waals surface area contributed by atoms with Gasteiger partial charge in [-0.1, -0.05) is 6.07 Å². The molecule has 0 heterocycles. The molecule has 0 radical (unpaired) electrons. The van der Waals surface area contributed by atoms with Crippen LogP contribution in [-0.4, -0.2) is 35.4 Å². The number of hydrazine groups is 1. The Kier molecular flexibility index (Phi) is 5.04. The number of nitrogens with one attached hydrogen (secondary N) is 1. The van der Waals surface area contributed by atoms with E-state index in [1.54, 1.807) is 12.1 Å². The number of rotatable bonds is 6. The van der Waals surface area contributed by atoms with Crippen LogP contribution in [0.4, 0.5) is 0 Å². The summed E-state index contributed by atoms with van der Waals surface area (Å²) in [5.41, 5.74) is 9.49. The maximum Gasteiger partial charge on any atom is 0.157 e. The lowest BCUT2D eigenvalue weighted by molar-refractivity contribution is 0.226. The second-order valence-electron chi connectivity index (χ2n) is 3.73. The van der Waals surface area contributed by atoms with Gasteiger partial charge in [-0.25, -0.2) is 5.01 Å². The van der Waals surface area contributed by atoms with Crippen molar-refractivity contribution in [2.75, 3.05) is 20.1 Å². The molecule has 0 spiro atoms. The van der Waals surface area contributed by atoms with E-state index in [-0.39, 0.29) is 11.5 Å². The van der Waals surface area contributed by atoms with Crippen molar-refractivity contribution in [2.45, 2.75) is 13.0 Å². The number of phenols is 2. The Morgan fingerprint density at radius 2 is 2.06 bits per heavy atom. The Morgan fingerprint density at radius 3 is 2.69 bits per heavy atom. The topological polar surface area (TPSA) is 81.8 Å². The Morgan fingerprint density at radius 1 is 1.31 bits per heavy atom. The van der Waals surface area contributed by atoms with Crippen LogP contribution >= 0.6 is 0 Å². The van der Waals surface area contributed by atoms with E-state index in [0.717, 1.165) is 18.5 Å². The van der Waals surface area contributed by atoms with Gasteiger partial charge in [-0.2, -0.15) is 0 Å². The van der Waals surface area contributed by atoms with Crippen molar-refractivity contribution in [3.63, 3.8) is 0 Å². The van der Waals surface area contributed by atoms with Crippen molar-refractivity contribution in [3.8, 4) is 11.5 Å². The van der Waals surface area contributed by atoms with Gasteiger partial charge < -0.3 is 15.9 Å². The molecular formula is C11H19N3O2. The highest BCUT2D eigenvalue weighted by molar-refractivity contribution is 5.40. The van der Waals surface area contributed by atoms with Gasteiger partial charge in [-0.3, -0.25) is 5.43 Å². The van der Waals surface area contributed by atoms with E-state index in [4.69, 9.17) is 10.8 Å². The molecule has 5 heteroatoms. The molecule has 0 amide bonds. The summed E-state index contributed by atoms with van der Waals surface area (Å²) in [5.74, 6) is -0.185. The fourth-order valence-electron chi connectivity index (χ4n) is 1.37. The quantitative estimate of drug-likeness (QED) is 0.320. The van der Waals surface area contributed by atoms with E-state index in [1.165, 1.54) is 6.07 Å². The normalized spacial score (nSPS) is 10.9. The second kappa shape index (κ2) is 6.32. The fourth-order valence-corrected chi connectivity index (χ4v) is 1.37. The maximum absolute atomic E-state index is 9.32. The first-order valence-corrected chi connectivity index (χ1v) is 5.29. The highest BCUT2D eigenvalue weighted by Gasteiger charge is 2.03. The molecule has 1 aromatic carbocycles. The van der Waals surface area contributed by atoms with E-state index >= 15 is 0 Å². The molecule has 0 bridgehead atoms. The van der Waals surface area contributed by atoms with Gasteiger partial charge in [0, 0.05) is 20.1 Å². The van der Waals surface area contributed by atoms with Crippen LogP contribution in [0.1, 0.15) is 12.0 Å². The largest absolute Gasteiger partial charge is 0.504 e. The molecule has 0 atom stereocenters. The van der Waals surface area contributed by atoms with Gasteiger partial charge >= 0.3 is 0 Å². The van der Waals surface area contributed by atoms with Crippen LogP contribution in [0.15, 0.2) is 18.2 Å². The molecule has 0 aliphatic heterocycles. The van der Waals surface area contributed by atoms with Crippen LogP contribution in [0.3, 0.4) is 0 Å². The number of nitrogens with two attached hydrogens (primary N) is 1. The molecule has 0 unspecified atom stereocenters. The fraction of sp³-hybridized carbons (Fsp3) is 0.455. The molecule has 0 saturated heterocycles. The van der Waals surface area contributed by atoms with Crippen molar-refractivity contribution in [1.29, 1.82) is 0 Å². The Labute approximate surface area is 95.5 Å². The van der Waals surface area contributed by atoms with Crippen molar-refractivity contribution < 1.29 is 10.2 Å². The average Bonchev–Trinajstić information content (AvgIpc) is 2.24. The number of benzene rings is 1. The van der Waals surface area contributed by atoms with E-state index in [1.807, 2.05) is 12.1 Å². The van der Waals surface area contributed by atoms with Gasteiger partial charge in [0.1, 0.15) is 0 Å². The standard InChI is InChI=1S/C11H19N3O2/c1-14(13-6-2-5-12)8-9-3-4-10(15)11(16)7-9/h3-4,7,13,15-16H,2,5-6,8,12H2,1H3. The van der Waals surface area contributed by atoms with Crippen molar-refractivity contribution in [2.24, 2.45) is 5.73 Å². The summed E-state index contributed by atoms with van der Waals surface area (Å²) < 4.78 is 0. The second-order valence-corrected chi connectivity index (χ2v) is 3.73. The van der Waals surface area contributed by atoms with Crippen LogP contribution in [0.2, 0.25) is 0 Å². The summed E-state index contributed by atoms with van der Waals surface area (Å²) >= 11 is 0. The molecule has 0 aliphatic rings. The number of nitrogens with zero attached hydrogens (tertiary/aromatic N) is 1. The first-order valence-electron chi connectivity index (χ1n) is 5.29. The summed E-state index contributed by atoms with van der Waals surface area (Å²) in [7, 11) is 1.92. The molecule has 0 saturated carbocycles. The van der Waals surface area contributed by atoms with E-state index < -0.39 is 0 Å². The molecule has 1 aromatic rings. The highest BCUT2D eigenvalue weighted by atomic mass is 16.3. The van der Waals surface area contributed by atoms with Gasteiger partial charge in [0.25, 0.3) is 0 Å². The van der Waals surface area contributed by atoms with Crippen LogP contribution in [0.25, 0.3) is 0 Å². The van der Waals surface area contributed by atoms with Gasteiger partial charge in [-0.15, -0.1) is 0 Å². The molecule has 0 fully saturated rings. The molecule has 90 valence electrons. The molecule has 5 N–H and O–H groups in total. The van der Waals surface area contributed by atoms with Crippen LogP contribution in [-0.2, 0) is 6.54 Å². The van der Waals surface area contributed by atoms with Crippen LogP contribution in [0, 0.1) is 0 Å². The lowest BCUT2D eigenvalue weighted by Crippen LogP contribution is -2.35. The Hall–Kier alpha value is -1.30. The minimum Gasteiger partial charge on any atom is -0.504 e. The Bertz CT molecular complexity index is 331. The smallest absolute Gasteiger partial charge is 0.157 e. The third-order valence-corrected chi connectivity index (χ3v) is 2.22. The first-order chi connectivity index (χ1) is 7.63. The monoisotopic (exact) mass is 225 g/mol. The predicted octanol–water partition coefficient (Wildman–Crippen LogP) is 0.383. The minimum atomic E-state index is -0.0949. The molecule has 1 rings (SSSR count). The summed E-state index contributed by atoms with van der Waals surface area (Å²) in [5, 5.41) is 20.4. The summed E-state index contributed by atoms with van der Waals surface area (Å²) in [4.78, 5) is 0. The maximum atomic E-state index is 9.32. The van der Waals surface area contributed by atoms with Gasteiger partial charge in [0.05, 0.1) is 0 Å². The zero-order valence-electron chi connectivity index (χ0n) is 9.48. The zero-order chi connectivity index (χ0) is 12.0. The Balaban J connectivity index is 2.43. The van der Waals surface area contributed by atoms with Crippen molar-refractivity contribution in [1.82, 2.24) is 10.4 Å². The van der Waals surface area contributed by atoms with Crippen LogP contribution < -0.4 is 11.2 Å². The lowest BCUT2D eigenvalue weighted by atomic mass is 10.2. The first kappa shape index (κ1) is 12.8. The zero-order valence-corrected chi connectivity index (χ0v) is 9.48. The number of phenolic OH excluding ortho intramolecular Hbond substituents is 2. The number of aromatic hydroxyl groups is 2. The highest BCUT2D eigenvalue weighted by Crippen LogP contribution is 2.25. The third kappa shape index (κ3) is 4.06.